The molecule has 0 aliphatic carbocycles. The van der Waals surface area contributed by atoms with Gasteiger partial charge in [0.05, 0.1) is 30.2 Å². The largest absolute Gasteiger partial charge is 0.489 e. The van der Waals surface area contributed by atoms with Crippen LogP contribution in [0.5, 0.6) is 17.2 Å². The van der Waals surface area contributed by atoms with Crippen LogP contribution < -0.4 is 14.9 Å². The summed E-state index contributed by atoms with van der Waals surface area (Å²) in [6.07, 6.45) is -4.42. The van der Waals surface area contributed by atoms with Crippen LogP contribution in [0.2, 0.25) is 0 Å². The zero-order chi connectivity index (χ0) is 28.9. The lowest BCUT2D eigenvalue weighted by molar-refractivity contribution is -0.154. The van der Waals surface area contributed by atoms with E-state index in [9.17, 15) is 27.6 Å². The van der Waals surface area contributed by atoms with Gasteiger partial charge in [-0.05, 0) is 60.5 Å². The number of esters is 2. The summed E-state index contributed by atoms with van der Waals surface area (Å²) in [4.78, 5) is 36.6. The van der Waals surface area contributed by atoms with Crippen LogP contribution in [0.3, 0.4) is 0 Å². The van der Waals surface area contributed by atoms with Gasteiger partial charge in [0, 0.05) is 6.07 Å². The summed E-state index contributed by atoms with van der Waals surface area (Å²) in [6, 6.07) is 15.4. The molecule has 0 saturated carbocycles. The van der Waals surface area contributed by atoms with Crippen molar-refractivity contribution in [2.45, 2.75) is 26.1 Å². The Hall–Kier alpha value is -4.80. The van der Waals surface area contributed by atoms with Crippen LogP contribution in [-0.4, -0.2) is 25.7 Å². The lowest BCUT2D eigenvalue weighted by Gasteiger charge is -2.14. The number of hydrogen-bond acceptors (Lipinski definition) is 8. The second-order valence-corrected chi connectivity index (χ2v) is 8.48. The Balaban J connectivity index is 1.59. The molecular weight excluding hydrogens is 533 g/mol. The summed E-state index contributed by atoms with van der Waals surface area (Å²) in [7, 11) is 1.27. The maximum atomic E-state index is 13.9. The van der Waals surface area contributed by atoms with Gasteiger partial charge in [-0.15, -0.1) is 0 Å². The normalized spacial score (nSPS) is 11.2. The van der Waals surface area contributed by atoms with Crippen molar-refractivity contribution >= 4 is 22.9 Å². The van der Waals surface area contributed by atoms with Gasteiger partial charge in [0.1, 0.15) is 23.7 Å². The predicted molar refractivity (Wildman–Crippen MR) is 137 cm³/mol. The molecule has 0 N–H and O–H groups in total. The number of carbonyl (C=O) groups excluding carboxylic acids is 2. The van der Waals surface area contributed by atoms with E-state index in [0.29, 0.717) is 17.5 Å². The van der Waals surface area contributed by atoms with Crippen LogP contribution in [0.1, 0.15) is 45.4 Å². The highest BCUT2D eigenvalue weighted by Gasteiger charge is 2.40. The molecule has 0 saturated heterocycles. The maximum absolute atomic E-state index is 13.9. The average molecular weight is 556 g/mol. The van der Waals surface area contributed by atoms with Gasteiger partial charge in [0.15, 0.2) is 0 Å². The second kappa shape index (κ2) is 11.9. The molecule has 1 heterocycles. The number of rotatable bonds is 9. The minimum atomic E-state index is -5.05. The Morgan fingerprint density at radius 3 is 2.12 bits per heavy atom. The van der Waals surface area contributed by atoms with Gasteiger partial charge in [-0.1, -0.05) is 19.1 Å². The lowest BCUT2D eigenvalue weighted by Crippen LogP contribution is -2.15. The number of hydrogen-bond donors (Lipinski definition) is 0. The van der Waals surface area contributed by atoms with Crippen LogP contribution in [-0.2, 0) is 22.3 Å². The first-order valence-corrected chi connectivity index (χ1v) is 12.0. The smallest absolute Gasteiger partial charge is 0.453 e. The van der Waals surface area contributed by atoms with Gasteiger partial charge in [0.25, 0.3) is 5.76 Å². The van der Waals surface area contributed by atoms with Crippen LogP contribution in [0.25, 0.3) is 11.0 Å². The number of halogens is 3. The Bertz CT molecular complexity index is 1570. The van der Waals surface area contributed by atoms with Crippen molar-refractivity contribution in [1.82, 2.24) is 0 Å². The number of alkyl halides is 3. The molecule has 0 spiro atoms. The van der Waals surface area contributed by atoms with E-state index < -0.39 is 35.1 Å². The number of ether oxygens (including phenoxy) is 4. The Morgan fingerprint density at radius 1 is 0.875 bits per heavy atom. The second-order valence-electron chi connectivity index (χ2n) is 8.48. The van der Waals surface area contributed by atoms with Crippen molar-refractivity contribution in [2.24, 2.45) is 0 Å². The molecule has 0 amide bonds. The molecular formula is C29H23F3O8. The highest BCUT2D eigenvalue weighted by atomic mass is 19.4. The summed E-state index contributed by atoms with van der Waals surface area (Å²) in [5.74, 6) is -3.70. The molecule has 0 atom stereocenters. The summed E-state index contributed by atoms with van der Waals surface area (Å²) in [6.45, 7) is 2.09. The highest BCUT2D eigenvalue weighted by Crippen LogP contribution is 2.38. The summed E-state index contributed by atoms with van der Waals surface area (Å²) >= 11 is 0. The molecule has 0 radical (unpaired) electrons. The molecule has 3 aromatic carbocycles. The molecule has 208 valence electrons. The van der Waals surface area contributed by atoms with Gasteiger partial charge in [-0.3, -0.25) is 4.79 Å². The van der Waals surface area contributed by atoms with Crippen molar-refractivity contribution < 1.29 is 46.1 Å². The Labute approximate surface area is 225 Å². The minimum Gasteiger partial charge on any atom is -0.489 e. The SMILES string of the molecule is CCCOC(=O)c1ccc(Oc2c(C(F)(F)F)oc3cc(OCc4ccc(C(=O)OC)cc4)ccc3c2=O)cc1. The zero-order valence-corrected chi connectivity index (χ0v) is 21.4. The highest BCUT2D eigenvalue weighted by molar-refractivity contribution is 5.90. The Kier molecular flexibility index (Phi) is 8.42. The molecule has 0 bridgehead atoms. The van der Waals surface area contributed by atoms with Crippen molar-refractivity contribution in [3.05, 3.63) is 99.4 Å². The molecule has 4 aromatic rings. The van der Waals surface area contributed by atoms with E-state index >= 15 is 0 Å². The minimum absolute atomic E-state index is 0.0342. The molecule has 0 fully saturated rings. The summed E-state index contributed by atoms with van der Waals surface area (Å²) in [5.41, 5.74) is -0.183. The van der Waals surface area contributed by atoms with E-state index in [1.165, 1.54) is 49.6 Å². The van der Waals surface area contributed by atoms with E-state index in [0.717, 1.165) is 0 Å². The van der Waals surface area contributed by atoms with Crippen molar-refractivity contribution in [3.8, 4) is 17.2 Å². The molecule has 11 heteroatoms. The van der Waals surface area contributed by atoms with Crippen molar-refractivity contribution in [1.29, 1.82) is 0 Å². The molecule has 40 heavy (non-hydrogen) atoms. The first-order valence-electron chi connectivity index (χ1n) is 12.0. The average Bonchev–Trinajstić information content (AvgIpc) is 2.95. The molecule has 0 aliphatic heterocycles. The van der Waals surface area contributed by atoms with Gasteiger partial charge < -0.3 is 23.4 Å². The fourth-order valence-electron chi connectivity index (χ4n) is 3.60. The third kappa shape index (κ3) is 6.42. The molecule has 0 unspecified atom stereocenters. The number of fused-ring (bicyclic) bond motifs is 1. The third-order valence-electron chi connectivity index (χ3n) is 5.61. The quantitative estimate of drug-likeness (QED) is 0.214. The summed E-state index contributed by atoms with van der Waals surface area (Å²) < 4.78 is 67.4. The number of methoxy groups -OCH3 is 1. The predicted octanol–water partition coefficient (Wildman–Crippen LogP) is 6.54. The van der Waals surface area contributed by atoms with E-state index in [4.69, 9.17) is 18.6 Å². The van der Waals surface area contributed by atoms with Gasteiger partial charge in [0.2, 0.25) is 11.2 Å². The van der Waals surface area contributed by atoms with Crippen molar-refractivity contribution in [2.75, 3.05) is 13.7 Å². The van der Waals surface area contributed by atoms with E-state index in [1.807, 2.05) is 6.92 Å². The molecule has 0 aliphatic rings. The standard InChI is InChI=1S/C29H23F3O8/c1-3-14-37-28(35)19-8-10-20(11-9-19)39-25-24(33)22-13-12-21(15-23(22)40-26(25)29(30,31)32)38-16-17-4-6-18(7-5-17)27(34)36-2/h4-13,15H,3,14,16H2,1-2H3. The zero-order valence-electron chi connectivity index (χ0n) is 21.4. The number of benzene rings is 3. The van der Waals surface area contributed by atoms with E-state index in [2.05, 4.69) is 4.74 Å². The number of carbonyl (C=O) groups is 2. The Morgan fingerprint density at radius 2 is 1.50 bits per heavy atom. The first-order chi connectivity index (χ1) is 19.1. The van der Waals surface area contributed by atoms with Crippen LogP contribution in [0.4, 0.5) is 13.2 Å². The first kappa shape index (κ1) is 28.2. The van der Waals surface area contributed by atoms with Gasteiger partial charge in [-0.25, -0.2) is 9.59 Å². The topological polar surface area (TPSA) is 101 Å². The van der Waals surface area contributed by atoms with E-state index in [1.54, 1.807) is 24.3 Å². The van der Waals surface area contributed by atoms with Crippen LogP contribution in [0, 0.1) is 0 Å². The fraction of sp³-hybridized carbons (Fsp3) is 0.207. The van der Waals surface area contributed by atoms with Crippen molar-refractivity contribution in [3.63, 3.8) is 0 Å². The van der Waals surface area contributed by atoms with Gasteiger partial charge >= 0.3 is 18.1 Å². The van der Waals surface area contributed by atoms with Gasteiger partial charge in [-0.2, -0.15) is 13.2 Å². The monoisotopic (exact) mass is 556 g/mol. The van der Waals surface area contributed by atoms with E-state index in [-0.39, 0.29) is 41.2 Å². The molecule has 4 rings (SSSR count). The maximum Gasteiger partial charge on any atom is 0.453 e. The molecule has 1 aromatic heterocycles. The van der Waals surface area contributed by atoms with Crippen LogP contribution >= 0.6 is 0 Å². The fourth-order valence-corrected chi connectivity index (χ4v) is 3.60. The summed E-state index contributed by atoms with van der Waals surface area (Å²) in [5, 5.41) is -0.155. The lowest BCUT2D eigenvalue weighted by atomic mass is 10.1. The molecule has 8 nitrogen and oxygen atoms in total. The third-order valence-corrected chi connectivity index (χ3v) is 5.61. The van der Waals surface area contributed by atoms with Crippen LogP contribution in [0.15, 0.2) is 75.9 Å².